The Kier molecular flexibility index (Phi) is 3.36. The summed E-state index contributed by atoms with van der Waals surface area (Å²) in [6.45, 7) is 10.9. The van der Waals surface area contributed by atoms with Crippen molar-refractivity contribution in [1.82, 2.24) is 0 Å². The molecule has 1 heterocycles. The summed E-state index contributed by atoms with van der Waals surface area (Å²) in [6.07, 6.45) is 2.06. The van der Waals surface area contributed by atoms with Crippen LogP contribution in [0.3, 0.4) is 0 Å². The van der Waals surface area contributed by atoms with E-state index in [2.05, 4.69) is 58.6 Å². The minimum absolute atomic E-state index is 0.266. The van der Waals surface area contributed by atoms with Crippen LogP contribution in [0.5, 0.6) is 0 Å². The minimum Gasteiger partial charge on any atom is -0.140 e. The van der Waals surface area contributed by atoms with Crippen LogP contribution in [0.1, 0.15) is 44.4 Å². The fourth-order valence-electron chi connectivity index (χ4n) is 1.05. The molecule has 76 valence electrons. The first-order valence-corrected chi connectivity index (χ1v) is 5.71. The number of hydrogen-bond acceptors (Lipinski definition) is 1. The molecule has 0 amide bonds. The van der Waals surface area contributed by atoms with Gasteiger partial charge in [0.2, 0.25) is 0 Å². The van der Waals surface area contributed by atoms with E-state index in [9.17, 15) is 0 Å². The van der Waals surface area contributed by atoms with E-state index in [1.807, 2.05) is 11.3 Å². The molecule has 0 saturated heterocycles. The highest BCUT2D eigenvalue weighted by Gasteiger charge is 2.15. The Morgan fingerprint density at radius 3 is 2.36 bits per heavy atom. The zero-order valence-electron chi connectivity index (χ0n) is 9.64. The molecule has 0 bridgehead atoms. The fraction of sp³-hybridized carbons (Fsp3) is 0.462. The maximum absolute atomic E-state index is 3.23. The van der Waals surface area contributed by atoms with E-state index in [1.54, 1.807) is 0 Å². The van der Waals surface area contributed by atoms with Crippen LogP contribution in [0.4, 0.5) is 0 Å². The van der Waals surface area contributed by atoms with Gasteiger partial charge in [-0.25, -0.2) is 0 Å². The summed E-state index contributed by atoms with van der Waals surface area (Å²) < 4.78 is 0. The van der Waals surface area contributed by atoms with Gasteiger partial charge in [-0.2, -0.15) is 0 Å². The summed E-state index contributed by atoms with van der Waals surface area (Å²) in [4.78, 5) is 2.72. The van der Waals surface area contributed by atoms with Gasteiger partial charge in [0.05, 0.1) is 0 Å². The SMILES string of the molecule is CC(C)=C=Cc1ccc(C(C)(C)C)s1. The molecule has 1 aromatic rings. The van der Waals surface area contributed by atoms with Crippen molar-refractivity contribution in [2.75, 3.05) is 0 Å². The Hall–Kier alpha value is -0.780. The van der Waals surface area contributed by atoms with E-state index in [0.717, 1.165) is 0 Å². The Labute approximate surface area is 91.0 Å². The van der Waals surface area contributed by atoms with Crippen LogP contribution in [0.15, 0.2) is 23.4 Å². The molecular formula is C13H18S. The third kappa shape index (κ3) is 3.17. The number of allylic oxidation sites excluding steroid dienone is 1. The summed E-state index contributed by atoms with van der Waals surface area (Å²) in [5, 5.41) is 0. The van der Waals surface area contributed by atoms with E-state index in [1.165, 1.54) is 15.3 Å². The van der Waals surface area contributed by atoms with Gasteiger partial charge < -0.3 is 0 Å². The molecule has 0 aromatic carbocycles. The topological polar surface area (TPSA) is 0 Å². The monoisotopic (exact) mass is 206 g/mol. The highest BCUT2D eigenvalue weighted by Crippen LogP contribution is 2.29. The Morgan fingerprint density at radius 1 is 1.29 bits per heavy atom. The molecule has 0 fully saturated rings. The van der Waals surface area contributed by atoms with E-state index >= 15 is 0 Å². The van der Waals surface area contributed by atoms with Crippen LogP contribution in [-0.2, 0) is 5.41 Å². The Morgan fingerprint density at radius 2 is 1.93 bits per heavy atom. The second kappa shape index (κ2) is 4.16. The van der Waals surface area contributed by atoms with Crippen LogP contribution in [0.25, 0.3) is 6.08 Å². The lowest BCUT2D eigenvalue weighted by Gasteiger charge is -2.14. The van der Waals surface area contributed by atoms with Gasteiger partial charge in [-0.3, -0.25) is 0 Å². The quantitative estimate of drug-likeness (QED) is 0.588. The maximum atomic E-state index is 3.23. The summed E-state index contributed by atoms with van der Waals surface area (Å²) in [6, 6.07) is 4.38. The van der Waals surface area contributed by atoms with Crippen LogP contribution < -0.4 is 0 Å². The summed E-state index contributed by atoms with van der Waals surface area (Å²) >= 11 is 1.85. The average Bonchev–Trinajstić information content (AvgIpc) is 2.47. The number of hydrogen-bond donors (Lipinski definition) is 0. The van der Waals surface area contributed by atoms with E-state index < -0.39 is 0 Å². The van der Waals surface area contributed by atoms with Crippen molar-refractivity contribution in [3.8, 4) is 0 Å². The highest BCUT2D eigenvalue weighted by molar-refractivity contribution is 7.13. The van der Waals surface area contributed by atoms with Gasteiger partial charge in [0.1, 0.15) is 0 Å². The van der Waals surface area contributed by atoms with Crippen LogP contribution >= 0.6 is 11.3 Å². The van der Waals surface area contributed by atoms with Crippen molar-refractivity contribution in [2.24, 2.45) is 0 Å². The third-order valence-corrected chi connectivity index (χ3v) is 3.33. The normalized spacial score (nSPS) is 10.9. The second-order valence-electron chi connectivity index (χ2n) is 4.74. The molecule has 0 atom stereocenters. The molecule has 0 N–H and O–H groups in total. The Bertz CT molecular complexity index is 364. The molecule has 1 rings (SSSR count). The van der Waals surface area contributed by atoms with Gasteiger partial charge in [-0.15, -0.1) is 17.1 Å². The second-order valence-corrected chi connectivity index (χ2v) is 5.86. The standard InChI is InChI=1S/C13H18S/c1-10(2)6-7-11-8-9-12(14-11)13(3,4)5/h7-9H,1-5H3. The van der Waals surface area contributed by atoms with Gasteiger partial charge in [0.15, 0.2) is 0 Å². The molecule has 1 aromatic heterocycles. The van der Waals surface area contributed by atoms with Crippen molar-refractivity contribution in [2.45, 2.75) is 40.0 Å². The molecule has 1 heteroatoms. The van der Waals surface area contributed by atoms with Crippen molar-refractivity contribution >= 4 is 17.4 Å². The molecule has 0 spiro atoms. The first kappa shape index (κ1) is 11.3. The predicted octanol–water partition coefficient (Wildman–Crippen LogP) is 4.62. The van der Waals surface area contributed by atoms with E-state index in [0.29, 0.717) is 0 Å². The molecule has 0 nitrogen and oxygen atoms in total. The van der Waals surface area contributed by atoms with Gasteiger partial charge in [-0.05, 0) is 43.0 Å². The van der Waals surface area contributed by atoms with Crippen LogP contribution in [0.2, 0.25) is 0 Å². The molecule has 0 aliphatic heterocycles. The number of rotatable bonds is 1. The smallest absolute Gasteiger partial charge is 0.0350 e. The molecular weight excluding hydrogens is 188 g/mol. The zero-order valence-corrected chi connectivity index (χ0v) is 10.5. The summed E-state index contributed by atoms with van der Waals surface area (Å²) in [5.74, 6) is 0. The lowest BCUT2D eigenvalue weighted by atomic mass is 9.95. The van der Waals surface area contributed by atoms with Gasteiger partial charge in [0.25, 0.3) is 0 Å². The summed E-state index contributed by atoms with van der Waals surface area (Å²) in [7, 11) is 0. The molecule has 0 saturated carbocycles. The summed E-state index contributed by atoms with van der Waals surface area (Å²) in [5.41, 5.74) is 4.71. The largest absolute Gasteiger partial charge is 0.140 e. The lowest BCUT2D eigenvalue weighted by Crippen LogP contribution is -2.07. The van der Waals surface area contributed by atoms with Gasteiger partial charge in [-0.1, -0.05) is 20.8 Å². The first-order chi connectivity index (χ1) is 6.39. The highest BCUT2D eigenvalue weighted by atomic mass is 32.1. The maximum Gasteiger partial charge on any atom is 0.0350 e. The predicted molar refractivity (Wildman–Crippen MR) is 65.9 cm³/mol. The van der Waals surface area contributed by atoms with Crippen LogP contribution in [0, 0.1) is 0 Å². The van der Waals surface area contributed by atoms with Crippen molar-refractivity contribution in [3.05, 3.63) is 33.2 Å². The van der Waals surface area contributed by atoms with Crippen molar-refractivity contribution in [3.63, 3.8) is 0 Å². The van der Waals surface area contributed by atoms with E-state index in [-0.39, 0.29) is 5.41 Å². The van der Waals surface area contributed by atoms with Crippen molar-refractivity contribution < 1.29 is 0 Å². The average molecular weight is 206 g/mol. The fourth-order valence-corrected chi connectivity index (χ4v) is 2.00. The zero-order chi connectivity index (χ0) is 10.8. The minimum atomic E-state index is 0.266. The van der Waals surface area contributed by atoms with Gasteiger partial charge >= 0.3 is 0 Å². The van der Waals surface area contributed by atoms with Gasteiger partial charge in [0, 0.05) is 9.75 Å². The molecule has 14 heavy (non-hydrogen) atoms. The first-order valence-electron chi connectivity index (χ1n) is 4.90. The van der Waals surface area contributed by atoms with Crippen molar-refractivity contribution in [1.29, 1.82) is 0 Å². The van der Waals surface area contributed by atoms with Crippen LogP contribution in [-0.4, -0.2) is 0 Å². The molecule has 0 aliphatic carbocycles. The lowest BCUT2D eigenvalue weighted by molar-refractivity contribution is 0.604. The van der Waals surface area contributed by atoms with E-state index in [4.69, 9.17) is 0 Å². The molecule has 0 unspecified atom stereocenters. The molecule has 0 radical (unpaired) electrons. The number of thiophene rings is 1. The Balaban J connectivity index is 2.95. The molecule has 0 aliphatic rings. The third-order valence-electron chi connectivity index (χ3n) is 1.87.